The first-order valence-electron chi connectivity index (χ1n) is 33.4. The lowest BCUT2D eigenvalue weighted by Gasteiger charge is -2.14. The molecule has 4 aromatic rings. The van der Waals surface area contributed by atoms with Crippen LogP contribution in [0.2, 0.25) is 0 Å². The summed E-state index contributed by atoms with van der Waals surface area (Å²) in [6.07, 6.45) is 49.7. The monoisotopic (exact) mass is 1190 g/mol. The predicted octanol–water partition coefficient (Wildman–Crippen LogP) is 17.9. The lowest BCUT2D eigenvalue weighted by molar-refractivity contribution is 0.251. The number of unbranched alkanes of at least 4 members (excludes halogenated alkanes) is 36. The SMILES string of the molecule is CCCCCCCCCCCCCCCCCCCCCNC(=O)Nc1nc(N)nc(NC(=O)Nc2ccc(-c3ccc(NC(=O)Nc4nc(N)nc(NC(=O)NCCCCCCCCCCCCCCCCCCCCC)n4)c(C)c3)cc2C)n1. The van der Waals surface area contributed by atoms with Gasteiger partial charge in [0.1, 0.15) is 0 Å². The molecule has 0 aliphatic heterocycles. The van der Waals surface area contributed by atoms with Gasteiger partial charge in [0.25, 0.3) is 0 Å². The van der Waals surface area contributed by atoms with E-state index in [2.05, 4.69) is 86.3 Å². The highest BCUT2D eigenvalue weighted by molar-refractivity contribution is 6.00. The first-order valence-corrected chi connectivity index (χ1v) is 33.4. The Morgan fingerprint density at radius 1 is 0.314 bits per heavy atom. The maximum atomic E-state index is 13.1. The fraction of sp³-hybridized carbons (Fsp3) is 0.667. The summed E-state index contributed by atoms with van der Waals surface area (Å²) < 4.78 is 0. The van der Waals surface area contributed by atoms with Gasteiger partial charge < -0.3 is 32.7 Å². The van der Waals surface area contributed by atoms with E-state index in [0.717, 1.165) is 60.8 Å². The van der Waals surface area contributed by atoms with E-state index in [1.54, 1.807) is 12.1 Å². The van der Waals surface area contributed by atoms with Crippen LogP contribution in [0, 0.1) is 13.8 Å². The first-order chi connectivity index (χ1) is 41.9. The Kier molecular flexibility index (Phi) is 37.9. The van der Waals surface area contributed by atoms with Crippen molar-refractivity contribution >= 4 is 71.2 Å². The van der Waals surface area contributed by atoms with Crippen LogP contribution in [-0.2, 0) is 0 Å². The Labute approximate surface area is 515 Å². The molecule has 0 aliphatic rings. The number of hydrogen-bond acceptors (Lipinski definition) is 12. The fourth-order valence-electron chi connectivity index (χ4n) is 10.6. The molecular formula is C66H110N16O4. The van der Waals surface area contributed by atoms with E-state index in [-0.39, 0.29) is 35.7 Å². The van der Waals surface area contributed by atoms with E-state index in [9.17, 15) is 19.2 Å². The van der Waals surface area contributed by atoms with Crippen LogP contribution in [-0.4, -0.2) is 67.1 Å². The van der Waals surface area contributed by atoms with Gasteiger partial charge in [0.2, 0.25) is 35.7 Å². The minimum Gasteiger partial charge on any atom is -0.368 e. The minimum atomic E-state index is -0.620. The zero-order valence-corrected chi connectivity index (χ0v) is 53.2. The Hall–Kier alpha value is -6.86. The lowest BCUT2D eigenvalue weighted by Crippen LogP contribution is -2.30. The summed E-state index contributed by atoms with van der Waals surface area (Å²) in [5.74, 6) is -0.798. The molecule has 0 aliphatic carbocycles. The molecule has 8 amide bonds. The molecule has 0 unspecified atom stereocenters. The molecule has 2 aromatic carbocycles. The van der Waals surface area contributed by atoms with Crippen LogP contribution in [0.5, 0.6) is 0 Å². The predicted molar refractivity (Wildman–Crippen MR) is 356 cm³/mol. The van der Waals surface area contributed by atoms with Crippen molar-refractivity contribution in [1.29, 1.82) is 0 Å². The van der Waals surface area contributed by atoms with Crippen LogP contribution in [0.3, 0.4) is 0 Å². The van der Waals surface area contributed by atoms with E-state index < -0.39 is 24.1 Å². The largest absolute Gasteiger partial charge is 0.368 e. The van der Waals surface area contributed by atoms with Gasteiger partial charge in [-0.05, 0) is 73.2 Å². The second kappa shape index (κ2) is 45.5. The summed E-state index contributed by atoms with van der Waals surface area (Å²) in [6.45, 7) is 9.30. The molecule has 20 nitrogen and oxygen atoms in total. The second-order valence-electron chi connectivity index (χ2n) is 23.4. The number of nitrogens with two attached hydrogens (primary N) is 2. The van der Waals surface area contributed by atoms with Crippen molar-refractivity contribution in [2.24, 2.45) is 0 Å². The standard InChI is InChI=1S/C66H110N16O4/c1-5-7-9-11-13-15-17-19-21-23-25-27-29-31-33-35-37-39-41-47-69-63(83)79-59-73-57(67)75-61(77-59)81-65(85)71-55-45-43-53(49-51(55)3)54-44-46-56(52(4)50-54)72-66(86)82-62-76-58(68)74-60(78-62)80-64(84)70-48-42-40-38-36-34-32-30-28-26-24-22-20-18-16-14-12-10-8-6-2/h43-46,49-50H,5-42,47-48H2,1-4H3,(H6,67,69,71,73,75,77,79,81,83,85)(H6,68,70,72,74,76,78,80,82,84,86). The number of urea groups is 4. The smallest absolute Gasteiger partial charge is 0.326 e. The number of rotatable bonds is 47. The number of benzene rings is 2. The van der Waals surface area contributed by atoms with Crippen LogP contribution >= 0.6 is 0 Å². The Balaban J connectivity index is 1.06. The molecule has 0 spiro atoms. The van der Waals surface area contributed by atoms with Crippen molar-refractivity contribution in [3.8, 4) is 11.1 Å². The van der Waals surface area contributed by atoms with Gasteiger partial charge in [-0.3, -0.25) is 21.3 Å². The van der Waals surface area contributed by atoms with E-state index in [4.69, 9.17) is 11.5 Å². The van der Waals surface area contributed by atoms with E-state index in [1.165, 1.54) is 205 Å². The Bertz CT molecular complexity index is 2360. The maximum Gasteiger partial charge on any atom is 0.326 e. The molecule has 20 heteroatoms. The molecule has 2 aromatic heterocycles. The van der Waals surface area contributed by atoms with Gasteiger partial charge in [-0.1, -0.05) is 257 Å². The lowest BCUT2D eigenvalue weighted by atomic mass is 10.00. The van der Waals surface area contributed by atoms with Crippen LogP contribution in [0.25, 0.3) is 11.1 Å². The number of hydrogen-bond donors (Lipinski definition) is 10. The zero-order chi connectivity index (χ0) is 61.7. The summed E-state index contributed by atoms with van der Waals surface area (Å²) in [7, 11) is 0. The molecule has 0 radical (unpaired) electrons. The number of nitrogen functional groups attached to an aromatic ring is 2. The molecule has 12 N–H and O–H groups in total. The van der Waals surface area contributed by atoms with Crippen LogP contribution in [0.15, 0.2) is 36.4 Å². The normalized spacial score (nSPS) is 11.1. The first kappa shape index (κ1) is 71.6. The highest BCUT2D eigenvalue weighted by Gasteiger charge is 2.15. The number of amides is 8. The van der Waals surface area contributed by atoms with Crippen molar-refractivity contribution in [2.75, 3.05) is 56.5 Å². The van der Waals surface area contributed by atoms with Crippen LogP contribution < -0.4 is 54.0 Å². The molecule has 0 saturated carbocycles. The molecule has 478 valence electrons. The average Bonchev–Trinajstić information content (AvgIpc) is 3.63. The zero-order valence-electron chi connectivity index (χ0n) is 53.2. The topological polar surface area (TPSA) is 294 Å². The van der Waals surface area contributed by atoms with Gasteiger partial charge >= 0.3 is 24.1 Å². The molecular weight excluding hydrogens is 1080 g/mol. The van der Waals surface area contributed by atoms with E-state index >= 15 is 0 Å². The third-order valence-electron chi connectivity index (χ3n) is 15.6. The maximum absolute atomic E-state index is 13.1. The van der Waals surface area contributed by atoms with Crippen molar-refractivity contribution in [1.82, 2.24) is 40.5 Å². The fourth-order valence-corrected chi connectivity index (χ4v) is 10.6. The summed E-state index contributed by atoms with van der Waals surface area (Å²) in [5, 5.41) is 21.6. The number of nitrogens with one attached hydrogen (secondary N) is 8. The third kappa shape index (κ3) is 33.7. The van der Waals surface area contributed by atoms with Crippen molar-refractivity contribution in [2.45, 2.75) is 272 Å². The molecule has 0 bridgehead atoms. The highest BCUT2D eigenvalue weighted by atomic mass is 16.2. The average molecular weight is 1190 g/mol. The summed E-state index contributed by atoms with van der Waals surface area (Å²) in [5.41, 5.74) is 16.2. The number of aromatic nitrogens is 6. The number of carbonyl (C=O) groups excluding carboxylic acids is 4. The summed E-state index contributed by atoms with van der Waals surface area (Å²) in [4.78, 5) is 75.8. The molecule has 4 rings (SSSR count). The molecule has 0 fully saturated rings. The van der Waals surface area contributed by atoms with Gasteiger partial charge in [0.05, 0.1) is 0 Å². The molecule has 86 heavy (non-hydrogen) atoms. The Morgan fingerprint density at radius 2 is 0.547 bits per heavy atom. The van der Waals surface area contributed by atoms with Gasteiger partial charge in [-0.25, -0.2) is 19.2 Å². The van der Waals surface area contributed by atoms with E-state index in [0.29, 0.717) is 24.5 Å². The minimum absolute atomic E-state index is 0.0938. The van der Waals surface area contributed by atoms with Gasteiger partial charge in [0, 0.05) is 24.5 Å². The van der Waals surface area contributed by atoms with Crippen molar-refractivity contribution in [3.05, 3.63) is 47.5 Å². The van der Waals surface area contributed by atoms with Crippen LogP contribution in [0.1, 0.15) is 269 Å². The number of nitrogens with zero attached hydrogens (tertiary/aromatic N) is 6. The quantitative estimate of drug-likeness (QED) is 0.0185. The molecule has 2 heterocycles. The Morgan fingerprint density at radius 3 is 0.791 bits per heavy atom. The van der Waals surface area contributed by atoms with Crippen LogP contribution in [0.4, 0.5) is 66.2 Å². The number of aryl methyl sites for hydroxylation is 2. The van der Waals surface area contributed by atoms with Crippen molar-refractivity contribution < 1.29 is 19.2 Å². The third-order valence-corrected chi connectivity index (χ3v) is 15.6. The van der Waals surface area contributed by atoms with Gasteiger partial charge in [-0.2, -0.15) is 29.9 Å². The van der Waals surface area contributed by atoms with Gasteiger partial charge in [0.15, 0.2) is 0 Å². The van der Waals surface area contributed by atoms with Gasteiger partial charge in [-0.15, -0.1) is 0 Å². The van der Waals surface area contributed by atoms with E-state index in [1.807, 2.05) is 38.1 Å². The molecule has 0 atom stereocenters. The summed E-state index contributed by atoms with van der Waals surface area (Å²) in [6, 6.07) is 8.93. The number of carbonyl (C=O) groups is 4. The second-order valence-corrected chi connectivity index (χ2v) is 23.4. The number of anilines is 8. The highest BCUT2D eigenvalue weighted by Crippen LogP contribution is 2.29. The molecule has 0 saturated heterocycles. The van der Waals surface area contributed by atoms with Crippen molar-refractivity contribution in [3.63, 3.8) is 0 Å². The summed E-state index contributed by atoms with van der Waals surface area (Å²) >= 11 is 0.